The molecule has 1 aromatic rings. The Labute approximate surface area is 83.8 Å². The van der Waals surface area contributed by atoms with Gasteiger partial charge in [-0.25, -0.2) is 0 Å². The van der Waals surface area contributed by atoms with E-state index in [2.05, 4.69) is 5.32 Å². The Morgan fingerprint density at radius 1 is 1.13 bits per heavy atom. The van der Waals surface area contributed by atoms with Crippen molar-refractivity contribution < 1.29 is 24.9 Å². The lowest BCUT2D eigenvalue weighted by Gasteiger charge is -2.14. The van der Waals surface area contributed by atoms with Gasteiger partial charge in [-0.3, -0.25) is 9.59 Å². The zero-order valence-corrected chi connectivity index (χ0v) is 7.39. The van der Waals surface area contributed by atoms with Crippen molar-refractivity contribution in [3.63, 3.8) is 0 Å². The molecule has 4 N–H and O–H groups in total. The molecule has 0 aromatic heterocycles. The van der Waals surface area contributed by atoms with Crippen molar-refractivity contribution in [2.75, 3.05) is 5.32 Å². The van der Waals surface area contributed by atoms with Crippen LogP contribution in [0.4, 0.5) is 5.69 Å². The predicted molar refractivity (Wildman–Crippen MR) is 47.7 cm³/mol. The van der Waals surface area contributed by atoms with Gasteiger partial charge in [0.15, 0.2) is 0 Å². The summed E-state index contributed by atoms with van der Waals surface area (Å²) in [5.41, 5.74) is 0.0307. The van der Waals surface area contributed by atoms with Crippen molar-refractivity contribution in [1.29, 1.82) is 0 Å². The van der Waals surface area contributed by atoms with Crippen molar-refractivity contribution >= 4 is 17.4 Å². The number of nitrogens with one attached hydrogen (secondary N) is 1. The highest BCUT2D eigenvalue weighted by molar-refractivity contribution is 6.51. The molecule has 15 heavy (non-hydrogen) atoms. The molecule has 1 aliphatic heterocycles. The molecule has 0 fully saturated rings. The zero-order valence-electron chi connectivity index (χ0n) is 7.39. The van der Waals surface area contributed by atoms with Gasteiger partial charge in [0, 0.05) is 5.56 Å². The van der Waals surface area contributed by atoms with Gasteiger partial charge in [-0.2, -0.15) is 0 Å². The molecule has 0 atom stereocenters. The average Bonchev–Trinajstić information content (AvgIpc) is 2.41. The summed E-state index contributed by atoms with van der Waals surface area (Å²) in [6.45, 7) is 0. The summed E-state index contributed by atoms with van der Waals surface area (Å²) in [7, 11) is 0. The smallest absolute Gasteiger partial charge is 0.304 e. The van der Waals surface area contributed by atoms with Crippen LogP contribution in [0.25, 0.3) is 0 Å². The monoisotopic (exact) mass is 209 g/mol. The number of ketones is 1. The first-order chi connectivity index (χ1) is 6.89. The van der Waals surface area contributed by atoms with Gasteiger partial charge < -0.3 is 20.6 Å². The van der Waals surface area contributed by atoms with Gasteiger partial charge in [-0.1, -0.05) is 0 Å². The van der Waals surface area contributed by atoms with Gasteiger partial charge in [0.25, 0.3) is 11.7 Å². The van der Waals surface area contributed by atoms with Crippen LogP contribution in [0.5, 0.6) is 0 Å². The van der Waals surface area contributed by atoms with Gasteiger partial charge in [0.05, 0.1) is 11.3 Å². The molecular formula is C9H7NO5. The van der Waals surface area contributed by atoms with Crippen LogP contribution in [0.15, 0.2) is 18.2 Å². The molecule has 0 unspecified atom stereocenters. The first-order valence-electron chi connectivity index (χ1n) is 4.07. The van der Waals surface area contributed by atoms with Crippen LogP contribution in [-0.4, -0.2) is 27.0 Å². The molecule has 1 aliphatic rings. The average molecular weight is 209 g/mol. The highest BCUT2D eigenvalue weighted by Crippen LogP contribution is 2.26. The normalized spacial score (nSPS) is 15.1. The number of rotatable bonds is 1. The number of fused-ring (bicyclic) bond motifs is 1. The molecule has 1 aromatic carbocycles. The maximum Gasteiger partial charge on any atom is 0.304 e. The number of carbonyl (C=O) groups excluding carboxylic acids is 2. The number of amides is 1. The fourth-order valence-electron chi connectivity index (χ4n) is 1.35. The molecule has 1 heterocycles. The Bertz CT molecular complexity index is 460. The molecule has 0 aliphatic carbocycles. The lowest BCUT2D eigenvalue weighted by atomic mass is 10.1. The highest BCUT2D eigenvalue weighted by Gasteiger charge is 2.31. The first kappa shape index (κ1) is 9.78. The zero-order chi connectivity index (χ0) is 11.2. The van der Waals surface area contributed by atoms with E-state index >= 15 is 0 Å². The van der Waals surface area contributed by atoms with Crippen molar-refractivity contribution in [3.8, 4) is 0 Å². The molecule has 0 saturated carbocycles. The molecule has 78 valence electrons. The minimum absolute atomic E-state index is 0.0130. The second-order valence-electron chi connectivity index (χ2n) is 3.18. The summed E-state index contributed by atoms with van der Waals surface area (Å²) in [4.78, 5) is 22.2. The summed E-state index contributed by atoms with van der Waals surface area (Å²) >= 11 is 0. The number of hydrogen-bond acceptors (Lipinski definition) is 5. The van der Waals surface area contributed by atoms with E-state index < -0.39 is 17.7 Å². The molecule has 0 spiro atoms. The van der Waals surface area contributed by atoms with Crippen LogP contribution >= 0.6 is 0 Å². The van der Waals surface area contributed by atoms with Crippen LogP contribution < -0.4 is 5.32 Å². The van der Waals surface area contributed by atoms with Crippen LogP contribution in [0, 0.1) is 0 Å². The first-order valence-corrected chi connectivity index (χ1v) is 4.07. The lowest BCUT2D eigenvalue weighted by Crippen LogP contribution is -2.23. The number of benzene rings is 1. The highest BCUT2D eigenvalue weighted by atomic mass is 16.7. The molecule has 6 heteroatoms. The van der Waals surface area contributed by atoms with Crippen molar-refractivity contribution in [2.24, 2.45) is 0 Å². The fourth-order valence-corrected chi connectivity index (χ4v) is 1.35. The standard InChI is InChI=1S/C9H7NO5/c11-7-5-3-4(9(13,14)15)1-2-6(5)10-8(7)12/h1-3,13-15H,(H,10,11,12). The molecule has 0 bridgehead atoms. The molecule has 2 rings (SSSR count). The molecule has 0 radical (unpaired) electrons. The van der Waals surface area contributed by atoms with Crippen LogP contribution in [0.3, 0.4) is 0 Å². The topological polar surface area (TPSA) is 107 Å². The van der Waals surface area contributed by atoms with E-state index in [4.69, 9.17) is 15.3 Å². The van der Waals surface area contributed by atoms with E-state index in [9.17, 15) is 9.59 Å². The van der Waals surface area contributed by atoms with Gasteiger partial charge in [-0.05, 0) is 18.2 Å². The van der Waals surface area contributed by atoms with E-state index in [1.165, 1.54) is 12.1 Å². The Morgan fingerprint density at radius 3 is 2.40 bits per heavy atom. The van der Waals surface area contributed by atoms with E-state index in [1.54, 1.807) is 0 Å². The Hall–Kier alpha value is -1.76. The summed E-state index contributed by atoms with van der Waals surface area (Å²) in [5.74, 6) is -4.56. The number of anilines is 1. The van der Waals surface area contributed by atoms with E-state index in [0.29, 0.717) is 0 Å². The summed E-state index contributed by atoms with van der Waals surface area (Å²) in [5, 5.41) is 28.9. The fraction of sp³-hybridized carbons (Fsp3) is 0.111. The maximum absolute atomic E-state index is 11.2. The second kappa shape index (κ2) is 2.86. The molecule has 6 nitrogen and oxygen atoms in total. The molecule has 1 amide bonds. The van der Waals surface area contributed by atoms with Crippen molar-refractivity contribution in [3.05, 3.63) is 29.3 Å². The predicted octanol–water partition coefficient (Wildman–Crippen LogP) is -1.09. The minimum atomic E-state index is -3.01. The largest absolute Gasteiger partial charge is 0.340 e. The summed E-state index contributed by atoms with van der Waals surface area (Å²) < 4.78 is 0. The third-order valence-electron chi connectivity index (χ3n) is 2.11. The number of carbonyl (C=O) groups is 2. The van der Waals surface area contributed by atoms with Crippen molar-refractivity contribution in [1.82, 2.24) is 0 Å². The summed E-state index contributed by atoms with van der Waals surface area (Å²) in [6, 6.07) is 3.55. The van der Waals surface area contributed by atoms with Gasteiger partial charge >= 0.3 is 5.97 Å². The number of aliphatic hydroxyl groups is 3. The third kappa shape index (κ3) is 1.50. The van der Waals surface area contributed by atoms with Gasteiger partial charge in [0.2, 0.25) is 0 Å². The van der Waals surface area contributed by atoms with Gasteiger partial charge in [0.1, 0.15) is 0 Å². The van der Waals surface area contributed by atoms with Crippen LogP contribution in [0.1, 0.15) is 15.9 Å². The van der Waals surface area contributed by atoms with Crippen molar-refractivity contribution in [2.45, 2.75) is 5.97 Å². The Kier molecular flexibility index (Phi) is 1.87. The molecular weight excluding hydrogens is 202 g/mol. The third-order valence-corrected chi connectivity index (χ3v) is 2.11. The summed E-state index contributed by atoms with van der Waals surface area (Å²) in [6.07, 6.45) is 0. The second-order valence-corrected chi connectivity index (χ2v) is 3.18. The number of Topliss-reactive ketones (excluding diaryl/α,β-unsaturated/α-hetero) is 1. The number of hydrogen-bond donors (Lipinski definition) is 4. The quantitative estimate of drug-likeness (QED) is 0.347. The van der Waals surface area contributed by atoms with Gasteiger partial charge in [-0.15, -0.1) is 0 Å². The van der Waals surface area contributed by atoms with Crippen LogP contribution in [-0.2, 0) is 10.8 Å². The van der Waals surface area contributed by atoms with E-state index in [0.717, 1.165) is 6.07 Å². The van der Waals surface area contributed by atoms with Crippen LogP contribution in [0.2, 0.25) is 0 Å². The Balaban J connectivity index is 2.54. The molecule has 0 saturated heterocycles. The lowest BCUT2D eigenvalue weighted by molar-refractivity contribution is -0.323. The Morgan fingerprint density at radius 2 is 1.80 bits per heavy atom. The van der Waals surface area contributed by atoms with E-state index in [-0.39, 0.29) is 16.8 Å². The SMILES string of the molecule is O=C1Nc2ccc(C(O)(O)O)cc2C1=O. The maximum atomic E-state index is 11.2. The minimum Gasteiger partial charge on any atom is -0.340 e. The van der Waals surface area contributed by atoms with E-state index in [1.807, 2.05) is 0 Å².